The maximum absolute atomic E-state index is 12.4. The minimum Gasteiger partial charge on any atom is -0.347 e. The smallest absolute Gasteiger partial charge is 0.263 e. The second-order valence-corrected chi connectivity index (χ2v) is 10.6. The van der Waals surface area contributed by atoms with Crippen molar-refractivity contribution in [1.82, 2.24) is 5.32 Å². The number of hydrogen-bond donors (Lipinski definition) is 1. The number of carbonyl (C=O) groups excluding carboxylic acids is 1. The van der Waals surface area contributed by atoms with Crippen molar-refractivity contribution in [2.75, 3.05) is 16.4 Å². The first-order chi connectivity index (χ1) is 15.0. The summed E-state index contributed by atoms with van der Waals surface area (Å²) in [5.41, 5.74) is 1.65. The fourth-order valence-corrected chi connectivity index (χ4v) is 7.49. The molecule has 7 nitrogen and oxygen atoms in total. The predicted molar refractivity (Wildman–Crippen MR) is 122 cm³/mol. The quantitative estimate of drug-likeness (QED) is 0.552. The van der Waals surface area contributed by atoms with Crippen molar-refractivity contribution in [3.63, 3.8) is 0 Å². The van der Waals surface area contributed by atoms with Gasteiger partial charge in [0.25, 0.3) is 5.91 Å². The zero-order valence-electron chi connectivity index (χ0n) is 16.5. The lowest BCUT2D eigenvalue weighted by Crippen LogP contribution is -2.37. The van der Waals surface area contributed by atoms with Crippen LogP contribution in [-0.2, 0) is 21.2 Å². The molecule has 0 unspecified atom stereocenters. The molecule has 2 saturated heterocycles. The van der Waals surface area contributed by atoms with E-state index in [1.807, 2.05) is 71.6 Å². The van der Waals surface area contributed by atoms with Crippen molar-refractivity contribution in [2.24, 2.45) is 4.99 Å². The predicted octanol–water partition coefficient (Wildman–Crippen LogP) is 2.49. The molecule has 0 spiro atoms. The van der Waals surface area contributed by atoms with E-state index in [9.17, 15) is 18.5 Å². The fourth-order valence-electron chi connectivity index (χ4n) is 3.60. The highest BCUT2D eigenvalue weighted by molar-refractivity contribution is 8.16. The zero-order chi connectivity index (χ0) is 21.8. The van der Waals surface area contributed by atoms with Crippen LogP contribution in [0.2, 0.25) is 0 Å². The number of amides is 1. The maximum atomic E-state index is 12.4. The Kier molecular flexibility index (Phi) is 6.11. The number of thioether (sulfide) groups is 1. The molecule has 0 saturated carbocycles. The second kappa shape index (κ2) is 8.96. The average molecular weight is 453 g/mol. The van der Waals surface area contributed by atoms with Gasteiger partial charge in [0.2, 0.25) is 0 Å². The summed E-state index contributed by atoms with van der Waals surface area (Å²) in [6, 6.07) is 20.5. The van der Waals surface area contributed by atoms with Crippen LogP contribution in [-0.4, -0.2) is 42.3 Å². The monoisotopic (exact) mass is 452 g/mol. The van der Waals surface area contributed by atoms with Gasteiger partial charge in [-0.25, -0.2) is 13.4 Å². The lowest BCUT2D eigenvalue weighted by Gasteiger charge is -2.24. The van der Waals surface area contributed by atoms with Crippen LogP contribution in [0.15, 0.2) is 77.4 Å². The number of sulfone groups is 1. The topological polar surface area (TPSA) is 103 Å². The molecule has 1 N–H and O–H groups in total. The van der Waals surface area contributed by atoms with Crippen LogP contribution < -0.4 is 10.2 Å². The number of anilines is 1. The number of hydrogen-bond acceptors (Lipinski definition) is 6. The molecule has 2 aromatic rings. The third kappa shape index (κ3) is 4.81. The molecule has 0 radical (unpaired) electrons. The van der Waals surface area contributed by atoms with Gasteiger partial charge in [-0.3, -0.25) is 4.79 Å². The van der Waals surface area contributed by atoms with Crippen LogP contribution in [0.25, 0.3) is 0 Å². The van der Waals surface area contributed by atoms with E-state index in [0.717, 1.165) is 11.3 Å². The van der Waals surface area contributed by atoms with Gasteiger partial charge < -0.3 is 10.2 Å². The molecule has 9 heteroatoms. The Labute approximate surface area is 185 Å². The van der Waals surface area contributed by atoms with Crippen LogP contribution in [0.4, 0.5) is 5.69 Å². The summed E-state index contributed by atoms with van der Waals surface area (Å²) >= 11 is 1.37. The van der Waals surface area contributed by atoms with Crippen LogP contribution in [0.1, 0.15) is 5.56 Å². The van der Waals surface area contributed by atoms with E-state index in [2.05, 4.69) is 10.3 Å². The summed E-state index contributed by atoms with van der Waals surface area (Å²) in [6.07, 6.45) is 1.26. The van der Waals surface area contributed by atoms with Crippen LogP contribution in [0.3, 0.4) is 0 Å². The van der Waals surface area contributed by atoms with Crippen LogP contribution in [0.5, 0.6) is 0 Å². The van der Waals surface area contributed by atoms with Gasteiger partial charge in [0.15, 0.2) is 15.0 Å². The van der Waals surface area contributed by atoms with Gasteiger partial charge in [0, 0.05) is 17.5 Å². The highest BCUT2D eigenvalue weighted by Gasteiger charge is 2.49. The van der Waals surface area contributed by atoms with Gasteiger partial charge in [-0.2, -0.15) is 5.26 Å². The number of para-hydroxylation sites is 1. The standard InChI is InChI=1S/C22H20N4O3S2/c23-11-17(21(27)24-12-16-7-3-1-4-8-16)13-25-22-26(18-9-5-2-6-10-18)19-14-31(28,29)15-20(19)30-22/h1-10,13,19-20H,12,14-15H2,(H,24,27)/b17-13+,25-22?/t19-,20-/m0/s1. The Morgan fingerprint density at radius 2 is 1.84 bits per heavy atom. The number of benzene rings is 2. The van der Waals surface area contributed by atoms with Crippen molar-refractivity contribution in [1.29, 1.82) is 5.26 Å². The van der Waals surface area contributed by atoms with Gasteiger partial charge in [-0.15, -0.1) is 0 Å². The van der Waals surface area contributed by atoms with E-state index >= 15 is 0 Å². The van der Waals surface area contributed by atoms with E-state index in [-0.39, 0.29) is 28.4 Å². The van der Waals surface area contributed by atoms with Crippen LogP contribution in [0, 0.1) is 11.3 Å². The number of aliphatic imine (C=N–C) groups is 1. The summed E-state index contributed by atoms with van der Waals surface area (Å²) in [5, 5.41) is 12.6. The lowest BCUT2D eigenvalue weighted by atomic mass is 10.2. The Hall–Kier alpha value is -3.09. The van der Waals surface area contributed by atoms with E-state index in [4.69, 9.17) is 0 Å². The molecule has 4 rings (SSSR count). The zero-order valence-corrected chi connectivity index (χ0v) is 18.1. The Balaban J connectivity index is 1.56. The molecule has 0 aliphatic carbocycles. The summed E-state index contributed by atoms with van der Waals surface area (Å²) in [4.78, 5) is 18.7. The largest absolute Gasteiger partial charge is 0.347 e. The number of rotatable bonds is 5. The number of fused-ring (bicyclic) bond motifs is 1. The first kappa shape index (κ1) is 21.2. The van der Waals surface area contributed by atoms with Gasteiger partial charge in [-0.1, -0.05) is 60.3 Å². The third-order valence-electron chi connectivity index (χ3n) is 5.07. The number of carbonyl (C=O) groups is 1. The minimum atomic E-state index is -3.10. The van der Waals surface area contributed by atoms with Crippen molar-refractivity contribution in [2.45, 2.75) is 17.8 Å². The molecule has 0 aromatic heterocycles. The van der Waals surface area contributed by atoms with E-state index in [0.29, 0.717) is 11.7 Å². The highest BCUT2D eigenvalue weighted by atomic mass is 32.2. The average Bonchev–Trinajstić information content (AvgIpc) is 3.25. The summed E-state index contributed by atoms with van der Waals surface area (Å²) in [6.45, 7) is 0.308. The first-order valence-corrected chi connectivity index (χ1v) is 12.4. The summed E-state index contributed by atoms with van der Waals surface area (Å²) < 4.78 is 24.3. The Morgan fingerprint density at radius 3 is 2.52 bits per heavy atom. The van der Waals surface area contributed by atoms with Gasteiger partial charge in [-0.05, 0) is 17.7 Å². The molecular formula is C22H20N4O3S2. The van der Waals surface area contributed by atoms with Crippen molar-refractivity contribution in [3.05, 3.63) is 78.0 Å². The lowest BCUT2D eigenvalue weighted by molar-refractivity contribution is -0.117. The van der Waals surface area contributed by atoms with E-state index in [1.54, 1.807) is 0 Å². The van der Waals surface area contributed by atoms with E-state index in [1.165, 1.54) is 18.0 Å². The molecule has 2 fully saturated rings. The summed E-state index contributed by atoms with van der Waals surface area (Å²) in [7, 11) is -3.10. The van der Waals surface area contributed by atoms with Crippen molar-refractivity contribution >= 4 is 38.4 Å². The van der Waals surface area contributed by atoms with Crippen LogP contribution >= 0.6 is 11.8 Å². The molecule has 31 heavy (non-hydrogen) atoms. The Morgan fingerprint density at radius 1 is 1.16 bits per heavy atom. The normalized spacial score (nSPS) is 23.4. The van der Waals surface area contributed by atoms with Gasteiger partial charge >= 0.3 is 0 Å². The number of amidine groups is 1. The minimum absolute atomic E-state index is 0.0605. The number of nitrogens with one attached hydrogen (secondary N) is 1. The Bertz CT molecular complexity index is 1170. The second-order valence-electron chi connectivity index (χ2n) is 7.24. The molecular weight excluding hydrogens is 432 g/mol. The summed E-state index contributed by atoms with van der Waals surface area (Å²) in [5.74, 6) is -0.352. The van der Waals surface area contributed by atoms with E-state index < -0.39 is 15.7 Å². The molecule has 2 aromatic carbocycles. The molecule has 2 aliphatic rings. The maximum Gasteiger partial charge on any atom is 0.263 e. The number of nitriles is 1. The van der Waals surface area contributed by atoms with Gasteiger partial charge in [0.1, 0.15) is 11.6 Å². The first-order valence-electron chi connectivity index (χ1n) is 9.68. The van der Waals surface area contributed by atoms with Crippen molar-refractivity contribution < 1.29 is 13.2 Å². The molecule has 2 heterocycles. The highest BCUT2D eigenvalue weighted by Crippen LogP contribution is 2.40. The molecule has 158 valence electrons. The van der Waals surface area contributed by atoms with Crippen molar-refractivity contribution in [3.8, 4) is 6.07 Å². The molecule has 1 amide bonds. The third-order valence-corrected chi connectivity index (χ3v) is 8.29. The fraction of sp³-hybridized carbons (Fsp3) is 0.227. The SMILES string of the molecule is N#C/C(=C\N=C1S[C@H]2CS(=O)(=O)C[C@@H]2N1c1ccccc1)C(=O)NCc1ccccc1. The molecule has 2 atom stereocenters. The molecule has 2 aliphatic heterocycles. The molecule has 0 bridgehead atoms. The number of nitrogens with zero attached hydrogens (tertiary/aromatic N) is 3. The van der Waals surface area contributed by atoms with Gasteiger partial charge in [0.05, 0.1) is 23.7 Å².